The topological polar surface area (TPSA) is 17.8 Å². The average Bonchev–Trinajstić information content (AvgIpc) is 3.13. The van der Waals surface area contributed by atoms with Gasteiger partial charge >= 0.3 is 0 Å². The first-order chi connectivity index (χ1) is 11.4. The number of benzene rings is 2. The third-order valence-electron chi connectivity index (χ3n) is 4.83. The zero-order valence-electron chi connectivity index (χ0n) is 13.6. The number of hydrogen-bond acceptors (Lipinski definition) is 1. The van der Waals surface area contributed by atoms with Gasteiger partial charge in [-0.1, -0.05) is 37.5 Å². The summed E-state index contributed by atoms with van der Waals surface area (Å²) in [5.41, 5.74) is 3.77. The van der Waals surface area contributed by atoms with E-state index in [1.807, 2.05) is 24.4 Å². The molecule has 0 bridgehead atoms. The van der Waals surface area contributed by atoms with Crippen LogP contribution in [0.25, 0.3) is 17.1 Å². The molecule has 0 amide bonds. The molecule has 0 unspecified atom stereocenters. The van der Waals surface area contributed by atoms with Gasteiger partial charge in [-0.25, -0.2) is 0 Å². The second-order valence-corrected chi connectivity index (χ2v) is 6.29. The molecule has 1 aliphatic rings. The zero-order chi connectivity index (χ0) is 15.5. The molecule has 3 aromatic rings. The maximum atomic E-state index is 4.58. The first-order valence-corrected chi connectivity index (χ1v) is 8.53. The van der Waals surface area contributed by atoms with Crippen molar-refractivity contribution in [2.24, 2.45) is 0 Å². The Balaban J connectivity index is 0.00000169. The maximum absolute atomic E-state index is 4.58. The van der Waals surface area contributed by atoms with E-state index in [1.165, 1.54) is 43.4 Å². The van der Waals surface area contributed by atoms with E-state index in [-0.39, 0.29) is 20.1 Å². The molecule has 4 rings (SSSR count). The van der Waals surface area contributed by atoms with Gasteiger partial charge in [0, 0.05) is 38.2 Å². The SMILES string of the molecule is [Ir].[c-]1ccccc1-c1nccn1-c1ccccc1C1CCCCC1. The van der Waals surface area contributed by atoms with Crippen molar-refractivity contribution in [3.63, 3.8) is 0 Å². The van der Waals surface area contributed by atoms with Crippen LogP contribution in [-0.2, 0) is 20.1 Å². The Morgan fingerprint density at radius 3 is 2.54 bits per heavy atom. The van der Waals surface area contributed by atoms with Gasteiger partial charge in [-0.15, -0.1) is 35.9 Å². The van der Waals surface area contributed by atoms with Gasteiger partial charge < -0.3 is 4.57 Å². The Hall–Kier alpha value is -1.70. The fraction of sp³-hybridized carbons (Fsp3) is 0.286. The minimum atomic E-state index is 0. The Labute approximate surface area is 157 Å². The van der Waals surface area contributed by atoms with Crippen LogP contribution in [0.3, 0.4) is 0 Å². The van der Waals surface area contributed by atoms with Crippen molar-refractivity contribution in [3.8, 4) is 17.1 Å². The van der Waals surface area contributed by atoms with Crippen LogP contribution in [0.4, 0.5) is 0 Å². The molecule has 1 radical (unpaired) electrons. The molecule has 1 saturated carbocycles. The van der Waals surface area contributed by atoms with Gasteiger partial charge in [0.25, 0.3) is 0 Å². The summed E-state index contributed by atoms with van der Waals surface area (Å²) in [6, 6.07) is 20.2. The monoisotopic (exact) mass is 494 g/mol. The molecule has 2 nitrogen and oxygen atoms in total. The van der Waals surface area contributed by atoms with Gasteiger partial charge in [-0.3, -0.25) is 4.98 Å². The van der Waals surface area contributed by atoms with Crippen molar-refractivity contribution >= 4 is 0 Å². The van der Waals surface area contributed by atoms with Crippen LogP contribution < -0.4 is 0 Å². The van der Waals surface area contributed by atoms with Crippen LogP contribution in [0, 0.1) is 6.07 Å². The normalized spacial score (nSPS) is 15.0. The Bertz CT molecular complexity index is 773. The minimum Gasteiger partial charge on any atom is -0.340 e. The van der Waals surface area contributed by atoms with Crippen LogP contribution in [0.2, 0.25) is 0 Å². The summed E-state index contributed by atoms with van der Waals surface area (Å²) in [7, 11) is 0. The third kappa shape index (κ3) is 3.38. The number of imidazole rings is 1. The van der Waals surface area contributed by atoms with Crippen LogP contribution in [0.15, 0.2) is 60.9 Å². The van der Waals surface area contributed by atoms with Crippen molar-refractivity contribution in [1.29, 1.82) is 0 Å². The van der Waals surface area contributed by atoms with E-state index in [0.717, 1.165) is 11.4 Å². The molecule has 1 heterocycles. The molecule has 2 aromatic carbocycles. The largest absolute Gasteiger partial charge is 0.340 e. The van der Waals surface area contributed by atoms with Crippen LogP contribution in [-0.4, -0.2) is 9.55 Å². The third-order valence-corrected chi connectivity index (χ3v) is 4.83. The Kier molecular flexibility index (Phi) is 5.65. The van der Waals surface area contributed by atoms with E-state index in [0.29, 0.717) is 5.92 Å². The zero-order valence-corrected chi connectivity index (χ0v) is 16.0. The number of nitrogens with zero attached hydrogens (tertiary/aromatic N) is 2. The van der Waals surface area contributed by atoms with E-state index in [9.17, 15) is 0 Å². The first kappa shape index (κ1) is 17.1. The molecule has 0 atom stereocenters. The van der Waals surface area contributed by atoms with Crippen LogP contribution in [0.5, 0.6) is 0 Å². The summed E-state index contributed by atoms with van der Waals surface area (Å²) in [4.78, 5) is 4.58. The predicted octanol–water partition coefficient (Wildman–Crippen LogP) is 5.38. The van der Waals surface area contributed by atoms with E-state index < -0.39 is 0 Å². The number of para-hydroxylation sites is 1. The van der Waals surface area contributed by atoms with Crippen LogP contribution >= 0.6 is 0 Å². The molecule has 0 spiro atoms. The number of rotatable bonds is 3. The number of hydrogen-bond donors (Lipinski definition) is 0. The van der Waals surface area contributed by atoms with Crippen molar-refractivity contribution in [2.45, 2.75) is 38.0 Å². The van der Waals surface area contributed by atoms with Gasteiger partial charge in [-0.05, 0) is 30.4 Å². The van der Waals surface area contributed by atoms with Crippen LogP contribution in [0.1, 0.15) is 43.6 Å². The summed E-state index contributed by atoms with van der Waals surface area (Å²) in [6.45, 7) is 0. The maximum Gasteiger partial charge on any atom is 0.0602 e. The quantitative estimate of drug-likeness (QED) is 0.448. The van der Waals surface area contributed by atoms with E-state index in [1.54, 1.807) is 0 Å². The summed E-state index contributed by atoms with van der Waals surface area (Å²) in [5.74, 6) is 1.64. The summed E-state index contributed by atoms with van der Waals surface area (Å²) < 4.78 is 2.22. The summed E-state index contributed by atoms with van der Waals surface area (Å²) >= 11 is 0. The van der Waals surface area contributed by atoms with Crippen molar-refractivity contribution in [1.82, 2.24) is 9.55 Å². The predicted molar refractivity (Wildman–Crippen MR) is 93.7 cm³/mol. The van der Waals surface area contributed by atoms with Crippen molar-refractivity contribution in [2.75, 3.05) is 0 Å². The average molecular weight is 494 g/mol. The number of aromatic nitrogens is 2. The molecular formula is C21H21IrN2-. The molecule has 3 heteroatoms. The van der Waals surface area contributed by atoms with E-state index in [2.05, 4.69) is 52.1 Å². The van der Waals surface area contributed by atoms with Gasteiger partial charge in [-0.2, -0.15) is 0 Å². The van der Waals surface area contributed by atoms with Gasteiger partial charge in [0.1, 0.15) is 0 Å². The molecule has 1 fully saturated rings. The van der Waals surface area contributed by atoms with E-state index in [4.69, 9.17) is 0 Å². The molecule has 0 aliphatic heterocycles. The smallest absolute Gasteiger partial charge is 0.0602 e. The summed E-state index contributed by atoms with van der Waals surface area (Å²) in [5, 5.41) is 0. The Morgan fingerprint density at radius 1 is 0.958 bits per heavy atom. The fourth-order valence-electron chi connectivity index (χ4n) is 3.70. The fourth-order valence-corrected chi connectivity index (χ4v) is 3.70. The van der Waals surface area contributed by atoms with Crippen molar-refractivity contribution < 1.29 is 20.1 Å². The second-order valence-electron chi connectivity index (χ2n) is 6.29. The molecule has 125 valence electrons. The standard InChI is InChI=1S/C21H21N2.Ir/c1-3-9-17(10-4-1)19-13-7-8-14-20(19)23-16-15-22-21(23)18-11-5-2-6-12-18;/h2,5-8,11,13-17H,1,3-4,9-10H2;/q-1;. The van der Waals surface area contributed by atoms with E-state index >= 15 is 0 Å². The molecule has 0 N–H and O–H groups in total. The summed E-state index contributed by atoms with van der Waals surface area (Å²) in [6.07, 6.45) is 10.6. The minimum absolute atomic E-state index is 0. The van der Waals surface area contributed by atoms with Gasteiger partial charge in [0.15, 0.2) is 0 Å². The van der Waals surface area contributed by atoms with Gasteiger partial charge in [0.2, 0.25) is 0 Å². The molecule has 0 saturated heterocycles. The van der Waals surface area contributed by atoms with Gasteiger partial charge in [0.05, 0.1) is 5.82 Å². The molecular weight excluding hydrogens is 472 g/mol. The van der Waals surface area contributed by atoms with Crippen molar-refractivity contribution in [3.05, 3.63) is 72.6 Å². The molecule has 24 heavy (non-hydrogen) atoms. The molecule has 1 aromatic heterocycles. The second kappa shape index (κ2) is 7.92. The molecule has 1 aliphatic carbocycles. The Morgan fingerprint density at radius 2 is 1.75 bits per heavy atom. The first-order valence-electron chi connectivity index (χ1n) is 8.53.